The molecule has 1 aliphatic heterocycles. The molecule has 5 N–H and O–H groups in total. The smallest absolute Gasteiger partial charge is 0.350 e. The van der Waals surface area contributed by atoms with E-state index >= 15 is 0 Å². The molecule has 7 nitrogen and oxygen atoms in total. The van der Waals surface area contributed by atoms with E-state index in [9.17, 15) is 14.7 Å². The normalized spacial score (nSPS) is 16.2. The van der Waals surface area contributed by atoms with E-state index in [0.717, 1.165) is 11.3 Å². The Hall–Kier alpha value is -1.80. The summed E-state index contributed by atoms with van der Waals surface area (Å²) in [6, 6.07) is 0. The van der Waals surface area contributed by atoms with Crippen LogP contribution >= 0.6 is 11.3 Å². The van der Waals surface area contributed by atoms with Crippen LogP contribution in [0.4, 0.5) is 10.7 Å². The summed E-state index contributed by atoms with van der Waals surface area (Å²) in [6.07, 6.45) is 0.869. The first kappa shape index (κ1) is 14.6. The number of hydrogen-bond donors (Lipinski definition) is 3. The number of amides is 1. The summed E-state index contributed by atoms with van der Waals surface area (Å²) < 4.78 is 4.65. The van der Waals surface area contributed by atoms with Crippen LogP contribution in [0.15, 0.2) is 0 Å². The van der Waals surface area contributed by atoms with Crippen molar-refractivity contribution in [2.75, 3.05) is 30.8 Å². The van der Waals surface area contributed by atoms with Crippen LogP contribution in [-0.2, 0) is 4.74 Å². The quantitative estimate of drug-likeness (QED) is 0.685. The molecule has 2 rings (SSSR count). The Morgan fingerprint density at radius 2 is 2.00 bits per heavy atom. The first-order valence-corrected chi connectivity index (χ1v) is 7.00. The lowest BCUT2D eigenvalue weighted by Gasteiger charge is -2.30. The summed E-state index contributed by atoms with van der Waals surface area (Å²) in [5.74, 6) is -1.26. The second kappa shape index (κ2) is 5.68. The molecule has 8 heteroatoms. The number of esters is 1. The van der Waals surface area contributed by atoms with Crippen LogP contribution in [-0.4, -0.2) is 43.3 Å². The van der Waals surface area contributed by atoms with Crippen molar-refractivity contribution in [1.82, 2.24) is 0 Å². The molecule has 0 radical (unpaired) electrons. The zero-order valence-electron chi connectivity index (χ0n) is 11.1. The predicted molar refractivity (Wildman–Crippen MR) is 76.0 cm³/mol. The highest BCUT2D eigenvalue weighted by Gasteiger charge is 2.29. The number of ether oxygens (including phenoxy) is 1. The number of nitrogen functional groups attached to an aromatic ring is 1. The lowest BCUT2D eigenvalue weighted by Crippen LogP contribution is -2.36. The summed E-state index contributed by atoms with van der Waals surface area (Å²) in [7, 11) is 1.25. The number of carbonyl (C=O) groups is 2. The highest BCUT2D eigenvalue weighted by molar-refractivity contribution is 7.19. The first-order chi connectivity index (χ1) is 9.45. The van der Waals surface area contributed by atoms with E-state index in [1.165, 1.54) is 7.11 Å². The maximum atomic E-state index is 11.7. The number of aliphatic hydroxyl groups excluding tert-OH is 1. The number of piperidine rings is 1. The molecule has 1 aromatic heterocycles. The van der Waals surface area contributed by atoms with Gasteiger partial charge in [-0.15, -0.1) is 11.3 Å². The first-order valence-electron chi connectivity index (χ1n) is 6.19. The maximum Gasteiger partial charge on any atom is 0.350 e. The molecular weight excluding hydrogens is 282 g/mol. The van der Waals surface area contributed by atoms with Crippen molar-refractivity contribution in [2.45, 2.75) is 18.9 Å². The average Bonchev–Trinajstić information content (AvgIpc) is 2.76. The number of thiophene rings is 1. The Morgan fingerprint density at radius 1 is 1.40 bits per heavy atom. The molecule has 0 aliphatic carbocycles. The number of primary amides is 1. The second-order valence-corrected chi connectivity index (χ2v) is 5.60. The van der Waals surface area contributed by atoms with Crippen LogP contribution in [0.1, 0.15) is 32.9 Å². The van der Waals surface area contributed by atoms with Gasteiger partial charge in [0.1, 0.15) is 9.88 Å². The average molecular weight is 299 g/mol. The van der Waals surface area contributed by atoms with E-state index in [2.05, 4.69) is 4.74 Å². The standard InChI is InChI=1S/C12H17N3O4S/c1-19-12(18)9-8(13)7(10(14)17)11(20-9)15-4-2-6(16)3-5-15/h6,16H,2-5,13H2,1H3,(H2,14,17). The van der Waals surface area contributed by atoms with Gasteiger partial charge in [0.25, 0.3) is 5.91 Å². The molecule has 0 spiro atoms. The van der Waals surface area contributed by atoms with Crippen LogP contribution in [0.25, 0.3) is 0 Å². The summed E-state index contributed by atoms with van der Waals surface area (Å²) in [5, 5.41) is 10.1. The van der Waals surface area contributed by atoms with Gasteiger partial charge in [-0.1, -0.05) is 0 Å². The van der Waals surface area contributed by atoms with E-state index in [1.54, 1.807) is 0 Å². The Morgan fingerprint density at radius 3 is 2.50 bits per heavy atom. The van der Waals surface area contributed by atoms with Gasteiger partial charge in [0.15, 0.2) is 0 Å². The Labute approximate surface area is 120 Å². The van der Waals surface area contributed by atoms with Crippen LogP contribution < -0.4 is 16.4 Å². The number of nitrogens with zero attached hydrogens (tertiary/aromatic N) is 1. The molecule has 0 aromatic carbocycles. The summed E-state index contributed by atoms with van der Waals surface area (Å²) in [4.78, 5) is 25.3. The van der Waals surface area contributed by atoms with Gasteiger partial charge in [-0.05, 0) is 12.8 Å². The summed E-state index contributed by atoms with van der Waals surface area (Å²) >= 11 is 1.10. The minimum absolute atomic E-state index is 0.0653. The lowest BCUT2D eigenvalue weighted by atomic mass is 10.1. The zero-order valence-corrected chi connectivity index (χ0v) is 11.9. The van der Waals surface area contributed by atoms with Crippen LogP contribution in [0.3, 0.4) is 0 Å². The van der Waals surface area contributed by atoms with Crippen molar-refractivity contribution in [3.63, 3.8) is 0 Å². The molecule has 0 atom stereocenters. The molecule has 1 amide bonds. The fraction of sp³-hybridized carbons (Fsp3) is 0.500. The van der Waals surface area contributed by atoms with E-state index < -0.39 is 11.9 Å². The Balaban J connectivity index is 2.41. The van der Waals surface area contributed by atoms with Crippen LogP contribution in [0, 0.1) is 0 Å². The molecular formula is C12H17N3O4S. The molecule has 1 fully saturated rings. The van der Waals surface area contributed by atoms with Crippen molar-refractivity contribution in [3.05, 3.63) is 10.4 Å². The SMILES string of the molecule is COC(=O)c1sc(N2CCC(O)CC2)c(C(N)=O)c1N. The van der Waals surface area contributed by atoms with E-state index in [-0.39, 0.29) is 22.2 Å². The van der Waals surface area contributed by atoms with E-state index in [1.807, 2.05) is 4.90 Å². The van der Waals surface area contributed by atoms with Crippen molar-refractivity contribution < 1.29 is 19.4 Å². The highest BCUT2D eigenvalue weighted by atomic mass is 32.1. The van der Waals surface area contributed by atoms with E-state index in [0.29, 0.717) is 30.9 Å². The van der Waals surface area contributed by atoms with Crippen LogP contribution in [0.2, 0.25) is 0 Å². The molecule has 0 saturated carbocycles. The number of carbonyl (C=O) groups excluding carboxylic acids is 2. The monoisotopic (exact) mass is 299 g/mol. The van der Waals surface area contributed by atoms with Gasteiger partial charge in [-0.2, -0.15) is 0 Å². The third-order valence-corrected chi connectivity index (χ3v) is 4.54. The number of aliphatic hydroxyl groups is 1. The molecule has 1 saturated heterocycles. The number of methoxy groups -OCH3 is 1. The fourth-order valence-corrected chi connectivity index (χ4v) is 3.40. The van der Waals surface area contributed by atoms with Crippen molar-refractivity contribution in [2.24, 2.45) is 5.73 Å². The van der Waals surface area contributed by atoms with Crippen molar-refractivity contribution >= 4 is 33.9 Å². The van der Waals surface area contributed by atoms with Gasteiger partial charge in [0.2, 0.25) is 0 Å². The van der Waals surface area contributed by atoms with Crippen LogP contribution in [0.5, 0.6) is 0 Å². The van der Waals surface area contributed by atoms with E-state index in [4.69, 9.17) is 11.5 Å². The highest BCUT2D eigenvalue weighted by Crippen LogP contribution is 2.39. The molecule has 1 aromatic rings. The molecule has 2 heterocycles. The zero-order chi connectivity index (χ0) is 14.9. The second-order valence-electron chi connectivity index (χ2n) is 4.60. The maximum absolute atomic E-state index is 11.7. The Kier molecular flexibility index (Phi) is 4.15. The third-order valence-electron chi connectivity index (χ3n) is 3.30. The molecule has 110 valence electrons. The fourth-order valence-electron chi connectivity index (χ4n) is 2.21. The number of anilines is 2. The van der Waals surface area contributed by atoms with Gasteiger partial charge in [-0.25, -0.2) is 4.79 Å². The molecule has 0 bridgehead atoms. The van der Waals surface area contributed by atoms with Crippen molar-refractivity contribution in [3.8, 4) is 0 Å². The van der Waals surface area contributed by atoms with Gasteiger partial charge >= 0.3 is 5.97 Å². The number of hydrogen-bond acceptors (Lipinski definition) is 7. The Bertz CT molecular complexity index is 535. The van der Waals surface area contributed by atoms with Gasteiger partial charge in [0.05, 0.1) is 24.5 Å². The minimum Gasteiger partial charge on any atom is -0.465 e. The number of nitrogens with two attached hydrogens (primary N) is 2. The van der Waals surface area contributed by atoms with Crippen molar-refractivity contribution in [1.29, 1.82) is 0 Å². The molecule has 0 unspecified atom stereocenters. The largest absolute Gasteiger partial charge is 0.465 e. The topological polar surface area (TPSA) is 119 Å². The predicted octanol–water partition coefficient (Wildman–Crippen LogP) is 0.177. The minimum atomic E-state index is -0.671. The summed E-state index contributed by atoms with van der Waals surface area (Å²) in [6.45, 7) is 1.17. The van der Waals surface area contributed by atoms with Gasteiger partial charge < -0.3 is 26.2 Å². The summed E-state index contributed by atoms with van der Waals surface area (Å²) in [5.41, 5.74) is 11.4. The lowest BCUT2D eigenvalue weighted by molar-refractivity contribution is 0.0607. The molecule has 1 aliphatic rings. The van der Waals surface area contributed by atoms with Gasteiger partial charge in [-0.3, -0.25) is 4.79 Å². The third kappa shape index (κ3) is 2.56. The molecule has 20 heavy (non-hydrogen) atoms. The van der Waals surface area contributed by atoms with Gasteiger partial charge in [0, 0.05) is 13.1 Å². The number of rotatable bonds is 3.